The van der Waals surface area contributed by atoms with Gasteiger partial charge in [-0.1, -0.05) is 13.8 Å². The molecule has 2 heterocycles. The van der Waals surface area contributed by atoms with Crippen LogP contribution in [0.1, 0.15) is 25.8 Å². The first-order valence-corrected chi connectivity index (χ1v) is 9.07. The maximum absolute atomic E-state index is 12.8. The van der Waals surface area contributed by atoms with E-state index in [2.05, 4.69) is 54.6 Å². The molecule has 0 aromatic carbocycles. The molecule has 1 saturated heterocycles. The Morgan fingerprint density at radius 1 is 1.41 bits per heavy atom. The van der Waals surface area contributed by atoms with Crippen LogP contribution >= 0.6 is 11.3 Å². The molecule has 0 aliphatic carbocycles. The number of carbonyl (C=O) groups excluding carboxylic acids is 1. The first kappa shape index (κ1) is 17.4. The number of hydrogen-bond donors (Lipinski definition) is 0. The number of amides is 1. The topological polar surface area (TPSA) is 26.8 Å². The highest BCUT2D eigenvalue weighted by Crippen LogP contribution is 2.16. The van der Waals surface area contributed by atoms with Crippen molar-refractivity contribution in [2.24, 2.45) is 5.92 Å². The third kappa shape index (κ3) is 5.07. The van der Waals surface area contributed by atoms with Crippen molar-refractivity contribution in [1.82, 2.24) is 14.7 Å². The molecule has 0 bridgehead atoms. The Kier molecular flexibility index (Phi) is 6.41. The Labute approximate surface area is 138 Å². The normalized spacial score (nSPS) is 20.5. The molecule has 1 amide bonds. The molecule has 1 atom stereocenters. The highest BCUT2D eigenvalue weighted by Gasteiger charge is 2.27. The summed E-state index contributed by atoms with van der Waals surface area (Å²) in [4.78, 5) is 19.5. The molecule has 0 unspecified atom stereocenters. The van der Waals surface area contributed by atoms with Gasteiger partial charge in [0.1, 0.15) is 0 Å². The van der Waals surface area contributed by atoms with Gasteiger partial charge in [0, 0.05) is 45.2 Å². The van der Waals surface area contributed by atoms with E-state index in [9.17, 15) is 4.79 Å². The monoisotopic (exact) mass is 323 g/mol. The van der Waals surface area contributed by atoms with E-state index < -0.39 is 0 Å². The molecule has 0 saturated carbocycles. The average Bonchev–Trinajstić information content (AvgIpc) is 2.94. The van der Waals surface area contributed by atoms with Crippen LogP contribution in [0, 0.1) is 5.92 Å². The van der Waals surface area contributed by atoms with Crippen LogP contribution < -0.4 is 0 Å². The zero-order valence-electron chi connectivity index (χ0n) is 14.3. The van der Waals surface area contributed by atoms with Gasteiger partial charge < -0.3 is 14.7 Å². The predicted octanol–water partition coefficient (Wildman–Crippen LogP) is 2.37. The van der Waals surface area contributed by atoms with Gasteiger partial charge in [0.15, 0.2) is 0 Å². The molecule has 0 spiro atoms. The van der Waals surface area contributed by atoms with Crippen molar-refractivity contribution in [3.8, 4) is 0 Å². The summed E-state index contributed by atoms with van der Waals surface area (Å²) in [6, 6.07) is 2.45. The molecule has 4 nitrogen and oxygen atoms in total. The zero-order valence-corrected chi connectivity index (χ0v) is 15.1. The molecule has 2 rings (SSSR count). The van der Waals surface area contributed by atoms with Crippen molar-refractivity contribution >= 4 is 17.2 Å². The predicted molar refractivity (Wildman–Crippen MR) is 93.1 cm³/mol. The lowest BCUT2D eigenvalue weighted by molar-refractivity contribution is -0.134. The third-order valence-electron chi connectivity index (χ3n) is 4.28. The quantitative estimate of drug-likeness (QED) is 0.804. The van der Waals surface area contributed by atoms with E-state index in [1.54, 1.807) is 11.3 Å². The van der Waals surface area contributed by atoms with Crippen molar-refractivity contribution in [3.05, 3.63) is 22.4 Å². The highest BCUT2D eigenvalue weighted by molar-refractivity contribution is 7.07. The molecule has 22 heavy (non-hydrogen) atoms. The zero-order chi connectivity index (χ0) is 16.1. The maximum Gasteiger partial charge on any atom is 0.224 e. The molecule has 1 aliphatic rings. The van der Waals surface area contributed by atoms with Gasteiger partial charge >= 0.3 is 0 Å². The number of piperazine rings is 1. The SMILES string of the molecule is CC(C)CN(Cc1ccsc1)C(=O)C[C@H]1CN(C)CCN1C. The van der Waals surface area contributed by atoms with Crippen LogP contribution in [-0.4, -0.2) is 66.9 Å². The van der Waals surface area contributed by atoms with Gasteiger partial charge in [-0.15, -0.1) is 0 Å². The summed E-state index contributed by atoms with van der Waals surface area (Å²) < 4.78 is 0. The van der Waals surface area contributed by atoms with E-state index in [-0.39, 0.29) is 5.91 Å². The molecular weight excluding hydrogens is 294 g/mol. The Morgan fingerprint density at radius 2 is 2.18 bits per heavy atom. The maximum atomic E-state index is 12.8. The van der Waals surface area contributed by atoms with Crippen molar-refractivity contribution < 1.29 is 4.79 Å². The summed E-state index contributed by atoms with van der Waals surface area (Å²) in [5.41, 5.74) is 1.24. The minimum absolute atomic E-state index is 0.284. The van der Waals surface area contributed by atoms with Crippen molar-refractivity contribution in [3.63, 3.8) is 0 Å². The van der Waals surface area contributed by atoms with Crippen molar-refractivity contribution in [2.75, 3.05) is 40.3 Å². The van der Waals surface area contributed by atoms with E-state index in [0.717, 1.165) is 32.7 Å². The van der Waals surface area contributed by atoms with Gasteiger partial charge in [-0.3, -0.25) is 4.79 Å². The Balaban J connectivity index is 1.98. The van der Waals surface area contributed by atoms with Crippen LogP contribution in [0.2, 0.25) is 0 Å². The number of nitrogens with zero attached hydrogens (tertiary/aromatic N) is 3. The summed E-state index contributed by atoms with van der Waals surface area (Å²) >= 11 is 1.70. The van der Waals surface area contributed by atoms with Crippen LogP contribution in [0.3, 0.4) is 0 Å². The number of likely N-dealkylation sites (N-methyl/N-ethyl adjacent to an activating group) is 2. The summed E-state index contributed by atoms with van der Waals surface area (Å²) in [5.74, 6) is 0.779. The molecule has 1 aromatic heterocycles. The minimum atomic E-state index is 0.284. The Hall–Kier alpha value is -0.910. The van der Waals surface area contributed by atoms with Gasteiger partial charge in [0.05, 0.1) is 0 Å². The molecule has 0 radical (unpaired) electrons. The smallest absolute Gasteiger partial charge is 0.224 e. The van der Waals surface area contributed by atoms with E-state index in [1.807, 2.05) is 4.90 Å². The van der Waals surface area contributed by atoms with Gasteiger partial charge in [-0.05, 0) is 42.4 Å². The molecule has 0 N–H and O–H groups in total. The molecular formula is C17H29N3OS. The van der Waals surface area contributed by atoms with Gasteiger partial charge in [-0.2, -0.15) is 11.3 Å². The van der Waals surface area contributed by atoms with E-state index in [4.69, 9.17) is 0 Å². The second-order valence-electron chi connectivity index (χ2n) is 6.90. The second kappa shape index (κ2) is 8.09. The lowest BCUT2D eigenvalue weighted by Gasteiger charge is -2.38. The molecule has 5 heteroatoms. The second-order valence-corrected chi connectivity index (χ2v) is 7.68. The van der Waals surface area contributed by atoms with Crippen LogP contribution in [-0.2, 0) is 11.3 Å². The van der Waals surface area contributed by atoms with Crippen LogP contribution in [0.4, 0.5) is 0 Å². The first-order valence-electron chi connectivity index (χ1n) is 8.13. The lowest BCUT2D eigenvalue weighted by Crippen LogP contribution is -2.51. The fraction of sp³-hybridized carbons (Fsp3) is 0.706. The fourth-order valence-corrected chi connectivity index (χ4v) is 3.61. The van der Waals surface area contributed by atoms with Crippen LogP contribution in [0.5, 0.6) is 0 Å². The number of rotatable bonds is 6. The highest BCUT2D eigenvalue weighted by atomic mass is 32.1. The first-order chi connectivity index (χ1) is 10.5. The van der Waals surface area contributed by atoms with Gasteiger partial charge in [0.2, 0.25) is 5.91 Å². The molecule has 124 valence electrons. The molecule has 1 aromatic rings. The van der Waals surface area contributed by atoms with Crippen molar-refractivity contribution in [2.45, 2.75) is 32.9 Å². The van der Waals surface area contributed by atoms with E-state index >= 15 is 0 Å². The van der Waals surface area contributed by atoms with Crippen LogP contribution in [0.25, 0.3) is 0 Å². The van der Waals surface area contributed by atoms with E-state index in [0.29, 0.717) is 18.4 Å². The number of thiophene rings is 1. The molecule has 1 fully saturated rings. The molecule has 1 aliphatic heterocycles. The van der Waals surface area contributed by atoms with Crippen LogP contribution in [0.15, 0.2) is 16.8 Å². The van der Waals surface area contributed by atoms with Crippen molar-refractivity contribution in [1.29, 1.82) is 0 Å². The minimum Gasteiger partial charge on any atom is -0.338 e. The average molecular weight is 324 g/mol. The summed E-state index contributed by atoms with van der Waals surface area (Å²) in [6.07, 6.45) is 0.623. The lowest BCUT2D eigenvalue weighted by atomic mass is 10.1. The largest absolute Gasteiger partial charge is 0.338 e. The summed E-state index contributed by atoms with van der Waals surface area (Å²) in [6.45, 7) is 9.04. The van der Waals surface area contributed by atoms with Gasteiger partial charge in [-0.25, -0.2) is 0 Å². The van der Waals surface area contributed by atoms with Gasteiger partial charge in [0.25, 0.3) is 0 Å². The summed E-state index contributed by atoms with van der Waals surface area (Å²) in [5, 5.41) is 4.22. The number of hydrogen-bond acceptors (Lipinski definition) is 4. The summed E-state index contributed by atoms with van der Waals surface area (Å²) in [7, 11) is 4.28. The third-order valence-corrected chi connectivity index (χ3v) is 5.01. The number of carbonyl (C=O) groups is 1. The Morgan fingerprint density at radius 3 is 2.82 bits per heavy atom. The Bertz CT molecular complexity index is 460. The standard InChI is InChI=1S/C17H29N3OS/c1-14(2)10-20(11-15-5-8-22-13-15)17(21)9-16-12-18(3)6-7-19(16)4/h5,8,13-14,16H,6-7,9-12H2,1-4H3/t16-/m0/s1. The van der Waals surface area contributed by atoms with E-state index in [1.165, 1.54) is 5.56 Å². The fourth-order valence-electron chi connectivity index (χ4n) is 2.95.